The van der Waals surface area contributed by atoms with Gasteiger partial charge >= 0.3 is 6.18 Å². The van der Waals surface area contributed by atoms with Crippen molar-refractivity contribution in [2.45, 2.75) is 6.18 Å². The van der Waals surface area contributed by atoms with Gasteiger partial charge in [-0.15, -0.1) is 0 Å². The molecule has 19 heavy (non-hydrogen) atoms. The van der Waals surface area contributed by atoms with Crippen LogP contribution in [0.5, 0.6) is 0 Å². The van der Waals surface area contributed by atoms with Gasteiger partial charge in [-0.05, 0) is 32.3 Å². The minimum Gasteiger partial charge on any atom is -0.351 e. The molecular formula is C12H14F4N2O. The summed E-state index contributed by atoms with van der Waals surface area (Å²) in [4.78, 5) is 13.4. The number of nitrogens with zero attached hydrogens (tertiary/aromatic N) is 1. The standard InChI is InChI=1S/C12H14F4N2O/c1-18(2)6-5-17-11(19)9-7-8(12(14,15)16)3-4-10(9)13/h3-4,7H,5-6H2,1-2H3,(H,17,19). The maximum atomic E-state index is 13.4. The molecule has 106 valence electrons. The average Bonchev–Trinajstić information content (AvgIpc) is 2.27. The second-order valence-electron chi connectivity index (χ2n) is 4.25. The van der Waals surface area contributed by atoms with Crippen LogP contribution in [-0.4, -0.2) is 38.0 Å². The number of carbonyl (C=O) groups is 1. The Bertz CT molecular complexity index is 458. The van der Waals surface area contributed by atoms with Gasteiger partial charge in [-0.3, -0.25) is 4.79 Å². The molecule has 0 radical (unpaired) electrons. The predicted octanol–water partition coefficient (Wildman–Crippen LogP) is 2.14. The average molecular weight is 278 g/mol. The van der Waals surface area contributed by atoms with Crippen molar-refractivity contribution in [2.24, 2.45) is 0 Å². The molecule has 0 atom stereocenters. The lowest BCUT2D eigenvalue weighted by molar-refractivity contribution is -0.137. The first-order valence-electron chi connectivity index (χ1n) is 5.51. The van der Waals surface area contributed by atoms with Crippen LogP contribution >= 0.6 is 0 Å². The molecule has 0 spiro atoms. The van der Waals surface area contributed by atoms with E-state index in [-0.39, 0.29) is 6.54 Å². The van der Waals surface area contributed by atoms with Gasteiger partial charge in [0.2, 0.25) is 0 Å². The molecule has 1 N–H and O–H groups in total. The molecular weight excluding hydrogens is 264 g/mol. The van der Waals surface area contributed by atoms with Gasteiger partial charge in [0.1, 0.15) is 5.82 Å². The molecule has 1 aromatic rings. The monoisotopic (exact) mass is 278 g/mol. The number of hydrogen-bond acceptors (Lipinski definition) is 2. The zero-order valence-corrected chi connectivity index (χ0v) is 10.5. The van der Waals surface area contributed by atoms with Gasteiger partial charge in [0.15, 0.2) is 0 Å². The third kappa shape index (κ3) is 4.51. The van der Waals surface area contributed by atoms with Crippen molar-refractivity contribution in [2.75, 3.05) is 27.2 Å². The molecule has 1 aromatic carbocycles. The smallest absolute Gasteiger partial charge is 0.351 e. The Kier molecular flexibility index (Phi) is 4.88. The fourth-order valence-electron chi connectivity index (χ4n) is 1.36. The summed E-state index contributed by atoms with van der Waals surface area (Å²) in [6.45, 7) is 0.730. The normalized spacial score (nSPS) is 11.7. The highest BCUT2D eigenvalue weighted by molar-refractivity contribution is 5.94. The second kappa shape index (κ2) is 6.01. The van der Waals surface area contributed by atoms with E-state index < -0.39 is 29.0 Å². The number of amides is 1. The van der Waals surface area contributed by atoms with Crippen LogP contribution in [0.4, 0.5) is 17.6 Å². The summed E-state index contributed by atoms with van der Waals surface area (Å²) in [6, 6.07) is 1.76. The number of likely N-dealkylation sites (N-methyl/N-ethyl adjacent to an activating group) is 1. The second-order valence-corrected chi connectivity index (χ2v) is 4.25. The van der Waals surface area contributed by atoms with E-state index in [1.807, 2.05) is 0 Å². The van der Waals surface area contributed by atoms with E-state index in [1.165, 1.54) is 0 Å². The minimum absolute atomic E-state index is 0.224. The number of benzene rings is 1. The highest BCUT2D eigenvalue weighted by Crippen LogP contribution is 2.30. The molecule has 0 unspecified atom stereocenters. The third-order valence-electron chi connectivity index (χ3n) is 2.38. The van der Waals surface area contributed by atoms with Gasteiger partial charge < -0.3 is 10.2 Å². The molecule has 0 fully saturated rings. The zero-order valence-electron chi connectivity index (χ0n) is 10.5. The molecule has 0 bridgehead atoms. The van der Waals surface area contributed by atoms with E-state index in [9.17, 15) is 22.4 Å². The van der Waals surface area contributed by atoms with Crippen molar-refractivity contribution >= 4 is 5.91 Å². The first-order chi connectivity index (χ1) is 8.71. The molecule has 0 saturated heterocycles. The molecule has 0 heterocycles. The lowest BCUT2D eigenvalue weighted by atomic mass is 10.1. The van der Waals surface area contributed by atoms with Gasteiger partial charge in [0.05, 0.1) is 11.1 Å². The van der Waals surface area contributed by atoms with Crippen LogP contribution in [0.3, 0.4) is 0 Å². The lowest BCUT2D eigenvalue weighted by Gasteiger charge is -2.12. The Hall–Kier alpha value is -1.63. The number of hydrogen-bond donors (Lipinski definition) is 1. The summed E-state index contributed by atoms with van der Waals surface area (Å²) in [5, 5.41) is 2.36. The van der Waals surface area contributed by atoms with Crippen molar-refractivity contribution in [3.63, 3.8) is 0 Å². The predicted molar refractivity (Wildman–Crippen MR) is 62.3 cm³/mol. The van der Waals surface area contributed by atoms with Gasteiger partial charge in [-0.1, -0.05) is 0 Å². The molecule has 1 amide bonds. The van der Waals surface area contributed by atoms with Crippen LogP contribution < -0.4 is 5.32 Å². The Labute approximate surface area is 108 Å². The Morgan fingerprint density at radius 3 is 2.47 bits per heavy atom. The maximum absolute atomic E-state index is 13.4. The van der Waals surface area contributed by atoms with Crippen molar-refractivity contribution in [1.82, 2.24) is 10.2 Å². The van der Waals surface area contributed by atoms with Crippen LogP contribution in [0, 0.1) is 5.82 Å². The van der Waals surface area contributed by atoms with Gasteiger partial charge in [-0.2, -0.15) is 13.2 Å². The molecule has 3 nitrogen and oxygen atoms in total. The van der Waals surface area contributed by atoms with E-state index in [0.717, 1.165) is 0 Å². The minimum atomic E-state index is -4.60. The first-order valence-corrected chi connectivity index (χ1v) is 5.51. The molecule has 0 saturated carbocycles. The van der Waals surface area contributed by atoms with Gasteiger partial charge in [0, 0.05) is 13.1 Å². The highest BCUT2D eigenvalue weighted by atomic mass is 19.4. The molecule has 7 heteroatoms. The fourth-order valence-corrected chi connectivity index (χ4v) is 1.36. The summed E-state index contributed by atoms with van der Waals surface area (Å²) in [5.41, 5.74) is -1.65. The van der Waals surface area contributed by atoms with E-state index in [4.69, 9.17) is 0 Å². The highest BCUT2D eigenvalue weighted by Gasteiger charge is 2.31. The van der Waals surface area contributed by atoms with Crippen LogP contribution in [0.15, 0.2) is 18.2 Å². The summed E-state index contributed by atoms with van der Waals surface area (Å²) in [6.07, 6.45) is -4.60. The number of nitrogens with one attached hydrogen (secondary N) is 1. The largest absolute Gasteiger partial charge is 0.416 e. The number of halogens is 4. The number of carbonyl (C=O) groups excluding carboxylic acids is 1. The lowest BCUT2D eigenvalue weighted by Crippen LogP contribution is -2.32. The summed E-state index contributed by atoms with van der Waals surface area (Å²) < 4.78 is 50.7. The Morgan fingerprint density at radius 2 is 1.95 bits per heavy atom. The summed E-state index contributed by atoms with van der Waals surface area (Å²) in [7, 11) is 3.55. The topological polar surface area (TPSA) is 32.3 Å². The summed E-state index contributed by atoms with van der Waals surface area (Å²) >= 11 is 0. The molecule has 0 aliphatic carbocycles. The van der Waals surface area contributed by atoms with E-state index in [1.54, 1.807) is 19.0 Å². The number of alkyl halides is 3. The quantitative estimate of drug-likeness (QED) is 0.856. The van der Waals surface area contributed by atoms with Gasteiger partial charge in [-0.25, -0.2) is 4.39 Å². The SMILES string of the molecule is CN(C)CCNC(=O)c1cc(C(F)(F)F)ccc1F. The van der Waals surface area contributed by atoms with Crippen LogP contribution in [0.25, 0.3) is 0 Å². The third-order valence-corrected chi connectivity index (χ3v) is 2.38. The van der Waals surface area contributed by atoms with Crippen molar-refractivity contribution in [3.05, 3.63) is 35.1 Å². The maximum Gasteiger partial charge on any atom is 0.416 e. The van der Waals surface area contributed by atoms with Crippen molar-refractivity contribution in [1.29, 1.82) is 0 Å². The van der Waals surface area contributed by atoms with E-state index >= 15 is 0 Å². The van der Waals surface area contributed by atoms with Crippen LogP contribution in [0.2, 0.25) is 0 Å². The number of rotatable bonds is 4. The zero-order chi connectivity index (χ0) is 14.6. The Balaban J connectivity index is 2.84. The van der Waals surface area contributed by atoms with Crippen molar-refractivity contribution in [3.8, 4) is 0 Å². The van der Waals surface area contributed by atoms with Crippen molar-refractivity contribution < 1.29 is 22.4 Å². The van der Waals surface area contributed by atoms with Gasteiger partial charge in [0.25, 0.3) is 5.91 Å². The van der Waals surface area contributed by atoms with Crippen LogP contribution in [0.1, 0.15) is 15.9 Å². The molecule has 1 rings (SSSR count). The molecule has 0 aromatic heterocycles. The van der Waals surface area contributed by atoms with E-state index in [2.05, 4.69) is 5.32 Å². The fraction of sp³-hybridized carbons (Fsp3) is 0.417. The molecule has 0 aliphatic rings. The van der Waals surface area contributed by atoms with E-state index in [0.29, 0.717) is 24.7 Å². The summed E-state index contributed by atoms with van der Waals surface area (Å²) in [5.74, 6) is -1.83. The first kappa shape index (κ1) is 15.4. The molecule has 0 aliphatic heterocycles. The van der Waals surface area contributed by atoms with Crippen LogP contribution in [-0.2, 0) is 6.18 Å². The Morgan fingerprint density at radius 1 is 1.32 bits per heavy atom.